The van der Waals surface area contributed by atoms with Gasteiger partial charge in [0.15, 0.2) is 11.6 Å². The lowest BCUT2D eigenvalue weighted by atomic mass is 9.96. The number of fused-ring (bicyclic) bond motifs is 1. The van der Waals surface area contributed by atoms with Gasteiger partial charge in [0, 0.05) is 5.39 Å². The summed E-state index contributed by atoms with van der Waals surface area (Å²) in [5.74, 6) is -2.35. The molecule has 0 amide bonds. The third-order valence-electron chi connectivity index (χ3n) is 6.06. The van der Waals surface area contributed by atoms with E-state index in [1.807, 2.05) is 31.2 Å². The minimum Gasteiger partial charge on any atom is -0.403 e. The average molecular weight is 497 g/mol. The molecule has 0 fully saturated rings. The summed E-state index contributed by atoms with van der Waals surface area (Å²) < 4.78 is 69.8. The normalized spacial score (nSPS) is 11.9. The van der Waals surface area contributed by atoms with Crippen LogP contribution in [0.15, 0.2) is 84.9 Å². The summed E-state index contributed by atoms with van der Waals surface area (Å²) in [5.41, 5.74) is 4.21. The molecule has 0 aliphatic rings. The average Bonchev–Trinajstić information content (AvgIpc) is 2.85. The van der Waals surface area contributed by atoms with Gasteiger partial charge in [-0.3, -0.25) is 0 Å². The molecule has 0 saturated carbocycles. The fraction of sp³-hybridized carbons (Fsp3) is 0.200. The van der Waals surface area contributed by atoms with Gasteiger partial charge in [0.2, 0.25) is 0 Å². The highest BCUT2D eigenvalue weighted by molar-refractivity contribution is 5.88. The summed E-state index contributed by atoms with van der Waals surface area (Å²) in [7, 11) is 0. The molecule has 4 aromatic carbocycles. The van der Waals surface area contributed by atoms with E-state index in [1.165, 1.54) is 11.6 Å². The molecule has 0 aromatic heterocycles. The molecule has 0 unspecified atom stereocenters. The monoisotopic (exact) mass is 496 g/mol. The van der Waals surface area contributed by atoms with Crippen molar-refractivity contribution in [2.24, 2.45) is 0 Å². The SMILES string of the molecule is C/C=C/CCc1ccc(-c2ccc3c(F)c(CCc4ccc(OC(F)(F)F)c(F)c4)ccc3c2)cc1. The second-order valence-electron chi connectivity index (χ2n) is 8.59. The van der Waals surface area contributed by atoms with Crippen LogP contribution >= 0.6 is 0 Å². The van der Waals surface area contributed by atoms with E-state index >= 15 is 4.39 Å². The first kappa shape index (κ1) is 25.4. The molecule has 1 nitrogen and oxygen atoms in total. The van der Waals surface area contributed by atoms with E-state index in [0.29, 0.717) is 16.5 Å². The molecule has 36 heavy (non-hydrogen) atoms. The van der Waals surface area contributed by atoms with Crippen molar-refractivity contribution in [1.29, 1.82) is 0 Å². The van der Waals surface area contributed by atoms with Crippen molar-refractivity contribution in [3.05, 3.63) is 113 Å². The Morgan fingerprint density at radius 1 is 0.750 bits per heavy atom. The van der Waals surface area contributed by atoms with Crippen LogP contribution < -0.4 is 4.74 Å². The lowest BCUT2D eigenvalue weighted by molar-refractivity contribution is -0.275. The highest BCUT2D eigenvalue weighted by Gasteiger charge is 2.32. The van der Waals surface area contributed by atoms with Crippen molar-refractivity contribution >= 4 is 10.8 Å². The number of hydrogen-bond donors (Lipinski definition) is 0. The predicted molar refractivity (Wildman–Crippen MR) is 133 cm³/mol. The molecule has 0 N–H and O–H groups in total. The Hall–Kier alpha value is -3.67. The number of alkyl halides is 3. The van der Waals surface area contributed by atoms with Crippen molar-refractivity contribution in [2.45, 2.75) is 39.0 Å². The number of ether oxygens (including phenoxy) is 1. The van der Waals surface area contributed by atoms with Crippen LogP contribution in [0.4, 0.5) is 22.0 Å². The Kier molecular flexibility index (Phi) is 7.73. The van der Waals surface area contributed by atoms with Crippen LogP contribution in [0.3, 0.4) is 0 Å². The first-order valence-corrected chi connectivity index (χ1v) is 11.7. The zero-order valence-corrected chi connectivity index (χ0v) is 19.7. The van der Waals surface area contributed by atoms with Crippen LogP contribution in [0.2, 0.25) is 0 Å². The van der Waals surface area contributed by atoms with E-state index < -0.39 is 17.9 Å². The van der Waals surface area contributed by atoms with Gasteiger partial charge in [0.05, 0.1) is 0 Å². The Bertz CT molecular complexity index is 1370. The maximum Gasteiger partial charge on any atom is 0.573 e. The number of aryl methyl sites for hydroxylation is 3. The maximum absolute atomic E-state index is 15.2. The number of benzene rings is 4. The van der Waals surface area contributed by atoms with Gasteiger partial charge in [0.25, 0.3) is 0 Å². The van der Waals surface area contributed by atoms with Gasteiger partial charge in [-0.1, -0.05) is 66.7 Å². The standard InChI is InChI=1S/C30H25F5O/c1-2-3-4-5-20-6-10-22(11-7-20)24-15-16-26-25(19-24)14-13-23(29(26)32)12-8-21-9-17-28(27(31)18-21)36-30(33,34)35/h2-3,6-7,9-11,13-19H,4-5,8,12H2,1H3/b3-2+. The zero-order chi connectivity index (χ0) is 25.7. The minimum atomic E-state index is -4.97. The van der Waals surface area contributed by atoms with Crippen LogP contribution in [-0.4, -0.2) is 6.36 Å². The second-order valence-corrected chi connectivity index (χ2v) is 8.59. The summed E-state index contributed by atoms with van der Waals surface area (Å²) in [4.78, 5) is 0. The summed E-state index contributed by atoms with van der Waals surface area (Å²) in [6.07, 6.45) is 1.74. The third-order valence-corrected chi connectivity index (χ3v) is 6.06. The van der Waals surface area contributed by atoms with E-state index in [2.05, 4.69) is 35.1 Å². The van der Waals surface area contributed by atoms with Crippen LogP contribution in [0.1, 0.15) is 30.0 Å². The largest absolute Gasteiger partial charge is 0.573 e. The fourth-order valence-electron chi connectivity index (χ4n) is 4.18. The van der Waals surface area contributed by atoms with Crippen molar-refractivity contribution in [2.75, 3.05) is 0 Å². The highest BCUT2D eigenvalue weighted by Crippen LogP contribution is 2.29. The first-order chi connectivity index (χ1) is 17.2. The van der Waals surface area contributed by atoms with Gasteiger partial charge in [-0.25, -0.2) is 8.78 Å². The zero-order valence-electron chi connectivity index (χ0n) is 19.7. The fourth-order valence-corrected chi connectivity index (χ4v) is 4.18. The van der Waals surface area contributed by atoms with Gasteiger partial charge >= 0.3 is 6.36 Å². The van der Waals surface area contributed by atoms with Crippen LogP contribution in [0, 0.1) is 11.6 Å². The first-order valence-electron chi connectivity index (χ1n) is 11.7. The molecular weight excluding hydrogens is 471 g/mol. The Morgan fingerprint density at radius 3 is 2.17 bits per heavy atom. The van der Waals surface area contributed by atoms with Crippen molar-refractivity contribution in [1.82, 2.24) is 0 Å². The quantitative estimate of drug-likeness (QED) is 0.175. The molecule has 0 atom stereocenters. The summed E-state index contributed by atoms with van der Waals surface area (Å²) >= 11 is 0. The smallest absolute Gasteiger partial charge is 0.403 e. The lowest BCUT2D eigenvalue weighted by Gasteiger charge is -2.11. The van der Waals surface area contributed by atoms with Gasteiger partial charge in [0.1, 0.15) is 5.82 Å². The molecule has 0 radical (unpaired) electrons. The third kappa shape index (κ3) is 6.30. The molecule has 0 spiro atoms. The number of rotatable bonds is 8. The maximum atomic E-state index is 15.2. The Balaban J connectivity index is 1.47. The van der Waals surface area contributed by atoms with Gasteiger partial charge in [-0.05, 0) is 84.0 Å². The van der Waals surface area contributed by atoms with Crippen LogP contribution in [-0.2, 0) is 19.3 Å². The van der Waals surface area contributed by atoms with Gasteiger partial charge < -0.3 is 4.74 Å². The summed E-state index contributed by atoms with van der Waals surface area (Å²) in [5, 5.41) is 1.25. The molecule has 186 valence electrons. The van der Waals surface area contributed by atoms with Crippen molar-refractivity contribution < 1.29 is 26.7 Å². The number of allylic oxidation sites excluding steroid dienone is 2. The molecule has 0 bridgehead atoms. The Morgan fingerprint density at radius 2 is 1.47 bits per heavy atom. The van der Waals surface area contributed by atoms with E-state index in [9.17, 15) is 17.6 Å². The van der Waals surface area contributed by atoms with E-state index in [1.54, 1.807) is 12.1 Å². The predicted octanol–water partition coefficient (Wildman–Crippen LogP) is 8.98. The van der Waals surface area contributed by atoms with Crippen molar-refractivity contribution in [3.63, 3.8) is 0 Å². The topological polar surface area (TPSA) is 9.23 Å². The number of hydrogen-bond acceptors (Lipinski definition) is 1. The van der Waals surface area contributed by atoms with Crippen LogP contribution in [0.5, 0.6) is 5.75 Å². The van der Waals surface area contributed by atoms with Gasteiger partial charge in [-0.2, -0.15) is 0 Å². The molecule has 0 aliphatic carbocycles. The molecule has 6 heteroatoms. The summed E-state index contributed by atoms with van der Waals surface area (Å²) in [6.45, 7) is 2.01. The molecule has 0 heterocycles. The molecule has 4 rings (SSSR count). The molecule has 4 aromatic rings. The van der Waals surface area contributed by atoms with Crippen molar-refractivity contribution in [3.8, 4) is 16.9 Å². The van der Waals surface area contributed by atoms with Gasteiger partial charge in [-0.15, -0.1) is 13.2 Å². The van der Waals surface area contributed by atoms with E-state index in [-0.39, 0.29) is 18.7 Å². The van der Waals surface area contributed by atoms with E-state index in [0.717, 1.165) is 41.5 Å². The number of halogens is 5. The molecule has 0 aliphatic heterocycles. The van der Waals surface area contributed by atoms with E-state index in [4.69, 9.17) is 0 Å². The Labute approximate surface area is 206 Å². The molecule has 0 saturated heterocycles. The molecular formula is C30H25F5O. The minimum absolute atomic E-state index is 0.268. The summed E-state index contributed by atoms with van der Waals surface area (Å²) in [6, 6.07) is 20.8. The van der Waals surface area contributed by atoms with Crippen LogP contribution in [0.25, 0.3) is 21.9 Å². The second kappa shape index (κ2) is 10.9. The lowest BCUT2D eigenvalue weighted by Crippen LogP contribution is -2.18. The highest BCUT2D eigenvalue weighted by atomic mass is 19.4.